The van der Waals surface area contributed by atoms with Crippen molar-refractivity contribution in [2.45, 2.75) is 51.6 Å². The molecule has 0 aliphatic heterocycles. The molecule has 0 aliphatic carbocycles. The summed E-state index contributed by atoms with van der Waals surface area (Å²) in [7, 11) is -4.13. The van der Waals surface area contributed by atoms with Gasteiger partial charge in [-0.2, -0.15) is 0 Å². The fraction of sp³-hybridized carbons (Fsp3) is 0.310. The lowest BCUT2D eigenvalue weighted by Gasteiger charge is -2.32. The molecule has 39 heavy (non-hydrogen) atoms. The van der Waals surface area contributed by atoms with E-state index in [0.29, 0.717) is 27.8 Å². The van der Waals surface area contributed by atoms with Crippen molar-refractivity contribution < 1.29 is 18.0 Å². The molecule has 0 bridgehead atoms. The van der Waals surface area contributed by atoms with E-state index in [1.165, 1.54) is 17.0 Å². The van der Waals surface area contributed by atoms with Gasteiger partial charge in [0.2, 0.25) is 11.8 Å². The molecule has 0 fully saturated rings. The lowest BCUT2D eigenvalue weighted by molar-refractivity contribution is -0.139. The van der Waals surface area contributed by atoms with E-state index in [4.69, 9.17) is 23.2 Å². The van der Waals surface area contributed by atoms with Gasteiger partial charge < -0.3 is 10.2 Å². The van der Waals surface area contributed by atoms with Crippen LogP contribution in [0.25, 0.3) is 0 Å². The summed E-state index contributed by atoms with van der Waals surface area (Å²) in [6, 6.07) is 17.4. The molecule has 1 atom stereocenters. The molecular formula is C29H33Cl2N3O4S. The predicted molar refractivity (Wildman–Crippen MR) is 157 cm³/mol. The highest BCUT2D eigenvalue weighted by atomic mass is 35.5. The number of halogens is 2. The van der Waals surface area contributed by atoms with Crippen molar-refractivity contribution in [3.8, 4) is 0 Å². The molecule has 2 amide bonds. The van der Waals surface area contributed by atoms with Gasteiger partial charge in [-0.25, -0.2) is 8.42 Å². The van der Waals surface area contributed by atoms with Gasteiger partial charge in [0.05, 0.1) is 10.6 Å². The highest BCUT2D eigenvalue weighted by Crippen LogP contribution is 2.28. The van der Waals surface area contributed by atoms with Crippen LogP contribution in [0.5, 0.6) is 0 Å². The Bertz CT molecular complexity index is 1410. The minimum atomic E-state index is -4.13. The molecule has 0 aromatic heterocycles. The zero-order chi connectivity index (χ0) is 28.7. The van der Waals surface area contributed by atoms with Crippen molar-refractivity contribution in [1.29, 1.82) is 0 Å². The topological polar surface area (TPSA) is 86.8 Å². The Hall–Kier alpha value is -3.07. The number of carbonyl (C=O) groups is 2. The van der Waals surface area contributed by atoms with Crippen molar-refractivity contribution in [1.82, 2.24) is 10.2 Å². The molecule has 3 rings (SSSR count). The Morgan fingerprint density at radius 3 is 2.13 bits per heavy atom. The lowest BCUT2D eigenvalue weighted by atomic mass is 10.1. The van der Waals surface area contributed by atoms with E-state index in [1.807, 2.05) is 26.8 Å². The van der Waals surface area contributed by atoms with E-state index >= 15 is 0 Å². The van der Waals surface area contributed by atoms with Crippen LogP contribution in [0.15, 0.2) is 71.6 Å². The minimum Gasteiger partial charge on any atom is -0.354 e. The van der Waals surface area contributed by atoms with E-state index < -0.39 is 28.5 Å². The Kier molecular flexibility index (Phi) is 10.4. The number of hydrogen-bond donors (Lipinski definition) is 1. The average Bonchev–Trinajstić information content (AvgIpc) is 2.89. The van der Waals surface area contributed by atoms with Crippen LogP contribution >= 0.6 is 23.2 Å². The van der Waals surface area contributed by atoms with Crippen molar-refractivity contribution in [3.63, 3.8) is 0 Å². The number of carbonyl (C=O) groups excluding carboxylic acids is 2. The third kappa shape index (κ3) is 7.53. The van der Waals surface area contributed by atoms with Crippen molar-refractivity contribution in [3.05, 3.63) is 93.5 Å². The van der Waals surface area contributed by atoms with Crippen LogP contribution in [-0.2, 0) is 26.2 Å². The van der Waals surface area contributed by atoms with Crippen molar-refractivity contribution in [2.24, 2.45) is 0 Å². The second kappa shape index (κ2) is 13.3. The van der Waals surface area contributed by atoms with Gasteiger partial charge in [-0.3, -0.25) is 13.9 Å². The number of hydrogen-bond acceptors (Lipinski definition) is 4. The highest BCUT2D eigenvalue weighted by Gasteiger charge is 2.33. The van der Waals surface area contributed by atoms with Gasteiger partial charge in [0, 0.05) is 28.7 Å². The molecule has 208 valence electrons. The number of sulfonamides is 1. The largest absolute Gasteiger partial charge is 0.354 e. The van der Waals surface area contributed by atoms with Crippen LogP contribution in [0.2, 0.25) is 10.0 Å². The summed E-state index contributed by atoms with van der Waals surface area (Å²) < 4.78 is 28.8. The van der Waals surface area contributed by atoms with Gasteiger partial charge in [-0.05, 0) is 69.2 Å². The molecule has 0 unspecified atom stereocenters. The fourth-order valence-electron chi connectivity index (χ4n) is 3.98. The summed E-state index contributed by atoms with van der Waals surface area (Å²) in [5.74, 6) is -0.945. The molecule has 0 aliphatic rings. The summed E-state index contributed by atoms with van der Waals surface area (Å²) >= 11 is 12.8. The monoisotopic (exact) mass is 589 g/mol. The normalized spacial score (nSPS) is 12.1. The fourth-order valence-corrected chi connectivity index (χ4v) is 5.90. The van der Waals surface area contributed by atoms with Gasteiger partial charge in [-0.15, -0.1) is 0 Å². The van der Waals surface area contributed by atoms with Gasteiger partial charge in [-0.1, -0.05) is 66.0 Å². The summed E-state index contributed by atoms with van der Waals surface area (Å²) in [4.78, 5) is 28.3. The third-order valence-electron chi connectivity index (χ3n) is 6.28. The SMILES string of the molecule is CCCNC(=O)[C@H](C)N(Cc1c(Cl)cccc1Cl)C(=O)CN(c1cccc(C)c1)S(=O)(=O)c1ccc(C)cc1. The van der Waals surface area contributed by atoms with Crippen LogP contribution in [-0.4, -0.2) is 44.3 Å². The molecule has 3 aromatic carbocycles. The molecule has 0 saturated carbocycles. The lowest BCUT2D eigenvalue weighted by Crippen LogP contribution is -2.51. The van der Waals surface area contributed by atoms with Gasteiger partial charge >= 0.3 is 0 Å². The minimum absolute atomic E-state index is 0.0526. The van der Waals surface area contributed by atoms with Crippen LogP contribution in [0.1, 0.15) is 37.0 Å². The number of nitrogens with zero attached hydrogens (tertiary/aromatic N) is 2. The van der Waals surface area contributed by atoms with E-state index in [0.717, 1.165) is 21.9 Å². The summed E-state index contributed by atoms with van der Waals surface area (Å²) in [5, 5.41) is 3.48. The molecule has 7 nitrogen and oxygen atoms in total. The zero-order valence-electron chi connectivity index (χ0n) is 22.4. The molecule has 1 N–H and O–H groups in total. The molecule has 0 radical (unpaired) electrons. The van der Waals surface area contributed by atoms with E-state index in [2.05, 4.69) is 5.32 Å². The average molecular weight is 591 g/mol. The van der Waals surface area contributed by atoms with Crippen LogP contribution in [0.3, 0.4) is 0 Å². The molecule has 3 aromatic rings. The first-order valence-electron chi connectivity index (χ1n) is 12.6. The first-order chi connectivity index (χ1) is 18.4. The molecular weight excluding hydrogens is 557 g/mol. The Morgan fingerprint density at radius 1 is 0.923 bits per heavy atom. The van der Waals surface area contributed by atoms with E-state index in [-0.39, 0.29) is 17.3 Å². The van der Waals surface area contributed by atoms with Crippen molar-refractivity contribution >= 4 is 50.7 Å². The highest BCUT2D eigenvalue weighted by molar-refractivity contribution is 7.92. The van der Waals surface area contributed by atoms with Gasteiger partial charge in [0.1, 0.15) is 12.6 Å². The third-order valence-corrected chi connectivity index (χ3v) is 8.78. The van der Waals surface area contributed by atoms with Crippen molar-refractivity contribution in [2.75, 3.05) is 17.4 Å². The molecule has 0 heterocycles. The number of benzene rings is 3. The number of anilines is 1. The summed E-state index contributed by atoms with van der Waals surface area (Å²) in [6.45, 7) is 7.05. The standard InChI is InChI=1S/C29H33Cl2N3O4S/c1-5-16-32-29(36)22(4)33(18-25-26(30)10-7-11-27(25)31)28(35)19-34(23-9-6-8-21(3)17-23)39(37,38)24-14-12-20(2)13-15-24/h6-15,17,22H,5,16,18-19H2,1-4H3,(H,32,36)/t22-/m0/s1. The summed E-state index contributed by atoms with van der Waals surface area (Å²) in [5.41, 5.74) is 2.54. The number of rotatable bonds is 11. The number of aryl methyl sites for hydroxylation is 2. The zero-order valence-corrected chi connectivity index (χ0v) is 24.8. The van der Waals surface area contributed by atoms with E-state index in [1.54, 1.807) is 55.5 Å². The van der Waals surface area contributed by atoms with E-state index in [9.17, 15) is 18.0 Å². The summed E-state index contributed by atoms with van der Waals surface area (Å²) in [6.07, 6.45) is 0.721. The second-order valence-corrected chi connectivity index (χ2v) is 12.0. The maximum Gasteiger partial charge on any atom is 0.264 e. The number of nitrogens with one attached hydrogen (secondary N) is 1. The smallest absolute Gasteiger partial charge is 0.264 e. The molecule has 10 heteroatoms. The first kappa shape index (κ1) is 30.5. The predicted octanol–water partition coefficient (Wildman–Crippen LogP) is 5.75. The van der Waals surface area contributed by atoms with Gasteiger partial charge in [0.15, 0.2) is 0 Å². The molecule has 0 spiro atoms. The van der Waals surface area contributed by atoms with Crippen LogP contribution in [0, 0.1) is 13.8 Å². The Labute approximate surface area is 240 Å². The first-order valence-corrected chi connectivity index (χ1v) is 14.8. The van der Waals surface area contributed by atoms with Gasteiger partial charge in [0.25, 0.3) is 10.0 Å². The maximum absolute atomic E-state index is 13.9. The molecule has 0 saturated heterocycles. The second-order valence-electron chi connectivity index (χ2n) is 9.35. The number of amides is 2. The van der Waals surface area contributed by atoms with Crippen LogP contribution < -0.4 is 9.62 Å². The maximum atomic E-state index is 13.9. The quantitative estimate of drug-likeness (QED) is 0.308. The Morgan fingerprint density at radius 2 is 1.54 bits per heavy atom. The van der Waals surface area contributed by atoms with Crippen LogP contribution in [0.4, 0.5) is 5.69 Å². The Balaban J connectivity index is 2.06.